The molecule has 1 N–H and O–H groups in total. The summed E-state index contributed by atoms with van der Waals surface area (Å²) in [6.45, 7) is 3.73. The highest BCUT2D eigenvalue weighted by molar-refractivity contribution is 4.92. The molecule has 5 atom stereocenters. The van der Waals surface area contributed by atoms with Crippen LogP contribution >= 0.6 is 0 Å². The Morgan fingerprint density at radius 2 is 1.72 bits per heavy atom. The molecule has 6 heteroatoms. The minimum Gasteiger partial charge on any atom is -0.394 e. The molecule has 1 aliphatic heterocycles. The number of ether oxygens (including phenoxy) is 5. The summed E-state index contributed by atoms with van der Waals surface area (Å²) in [6, 6.07) is 0. The van der Waals surface area contributed by atoms with Gasteiger partial charge in [-0.1, -0.05) is 6.08 Å². The largest absolute Gasteiger partial charge is 0.394 e. The molecule has 0 spiro atoms. The van der Waals surface area contributed by atoms with Gasteiger partial charge in [0.2, 0.25) is 0 Å². The van der Waals surface area contributed by atoms with Gasteiger partial charge in [0, 0.05) is 21.3 Å². The van der Waals surface area contributed by atoms with E-state index in [1.54, 1.807) is 27.4 Å². The zero-order chi connectivity index (χ0) is 13.5. The van der Waals surface area contributed by atoms with Crippen LogP contribution in [0.15, 0.2) is 12.7 Å². The van der Waals surface area contributed by atoms with Gasteiger partial charge in [-0.25, -0.2) is 0 Å². The van der Waals surface area contributed by atoms with Crippen molar-refractivity contribution >= 4 is 0 Å². The van der Waals surface area contributed by atoms with Crippen molar-refractivity contribution in [3.63, 3.8) is 0 Å². The summed E-state index contributed by atoms with van der Waals surface area (Å²) in [5.74, 6) is 0. The van der Waals surface area contributed by atoms with Crippen LogP contribution < -0.4 is 0 Å². The van der Waals surface area contributed by atoms with Crippen molar-refractivity contribution in [2.24, 2.45) is 0 Å². The van der Waals surface area contributed by atoms with E-state index in [0.29, 0.717) is 6.61 Å². The normalized spacial score (nSPS) is 36.6. The van der Waals surface area contributed by atoms with Gasteiger partial charge >= 0.3 is 0 Å². The third-order valence-corrected chi connectivity index (χ3v) is 2.97. The predicted octanol–water partition coefficient (Wildman–Crippen LogP) is -0.0488. The second-order valence-corrected chi connectivity index (χ2v) is 3.95. The number of hydrogen-bond donors (Lipinski definition) is 1. The number of rotatable bonds is 7. The van der Waals surface area contributed by atoms with Gasteiger partial charge in [-0.3, -0.25) is 0 Å². The standard InChI is InChI=1S/C12H22O6/c1-5-6-17-12-11(16-4)10(15-3)9(14-2)8(7-13)18-12/h5,8-13H,1,6-7H2,2-4H3/t8?,9-,10?,11?,12?/m1/s1. The summed E-state index contributed by atoms with van der Waals surface area (Å²) in [4.78, 5) is 0. The molecule has 18 heavy (non-hydrogen) atoms. The molecule has 0 aliphatic carbocycles. The van der Waals surface area contributed by atoms with Crippen molar-refractivity contribution in [3.05, 3.63) is 12.7 Å². The number of hydrogen-bond acceptors (Lipinski definition) is 6. The molecule has 0 bridgehead atoms. The van der Waals surface area contributed by atoms with Gasteiger partial charge in [-0.15, -0.1) is 6.58 Å². The topological polar surface area (TPSA) is 66.4 Å². The van der Waals surface area contributed by atoms with Crippen LogP contribution in [0, 0.1) is 0 Å². The summed E-state index contributed by atoms with van der Waals surface area (Å²) < 4.78 is 27.2. The molecule has 106 valence electrons. The fraction of sp³-hybridized carbons (Fsp3) is 0.833. The highest BCUT2D eigenvalue weighted by Crippen LogP contribution is 2.27. The molecule has 0 amide bonds. The maximum atomic E-state index is 9.33. The van der Waals surface area contributed by atoms with Crippen LogP contribution in [-0.4, -0.2) is 70.4 Å². The molecule has 0 radical (unpaired) electrons. The van der Waals surface area contributed by atoms with Gasteiger partial charge in [0.25, 0.3) is 0 Å². The summed E-state index contributed by atoms with van der Waals surface area (Å²) >= 11 is 0. The average Bonchev–Trinajstić information content (AvgIpc) is 2.42. The predicted molar refractivity (Wildman–Crippen MR) is 64.3 cm³/mol. The number of methoxy groups -OCH3 is 3. The fourth-order valence-electron chi connectivity index (χ4n) is 2.12. The maximum absolute atomic E-state index is 9.33. The molecule has 1 heterocycles. The molecule has 0 aromatic rings. The van der Waals surface area contributed by atoms with Crippen LogP contribution in [0.25, 0.3) is 0 Å². The lowest BCUT2D eigenvalue weighted by atomic mass is 9.98. The molecule has 4 unspecified atom stereocenters. The van der Waals surface area contributed by atoms with E-state index in [1.165, 1.54) is 0 Å². The van der Waals surface area contributed by atoms with Crippen LogP contribution in [0.1, 0.15) is 0 Å². The first-order valence-corrected chi connectivity index (χ1v) is 5.80. The Kier molecular flexibility index (Phi) is 6.77. The first-order valence-electron chi connectivity index (χ1n) is 5.80. The lowest BCUT2D eigenvalue weighted by Crippen LogP contribution is -2.61. The van der Waals surface area contributed by atoms with Gasteiger partial charge in [0.1, 0.15) is 24.4 Å². The first-order chi connectivity index (χ1) is 8.73. The molecule has 1 rings (SSSR count). The maximum Gasteiger partial charge on any atom is 0.187 e. The Morgan fingerprint density at radius 3 is 2.17 bits per heavy atom. The second-order valence-electron chi connectivity index (χ2n) is 3.95. The van der Waals surface area contributed by atoms with Crippen LogP contribution in [-0.2, 0) is 23.7 Å². The summed E-state index contributed by atoms with van der Waals surface area (Å²) in [7, 11) is 4.66. The highest BCUT2D eigenvalue weighted by Gasteiger charge is 2.47. The third kappa shape index (κ3) is 3.28. The molecule has 0 aromatic carbocycles. The Bertz CT molecular complexity index is 247. The monoisotopic (exact) mass is 262 g/mol. The Morgan fingerprint density at radius 1 is 1.11 bits per heavy atom. The van der Waals surface area contributed by atoms with Crippen molar-refractivity contribution in [2.45, 2.75) is 30.7 Å². The van der Waals surface area contributed by atoms with Crippen molar-refractivity contribution in [1.82, 2.24) is 0 Å². The second kappa shape index (κ2) is 7.83. The smallest absolute Gasteiger partial charge is 0.187 e. The summed E-state index contributed by atoms with van der Waals surface area (Å²) in [5, 5.41) is 9.33. The summed E-state index contributed by atoms with van der Waals surface area (Å²) in [6.07, 6.45) is -0.728. The van der Waals surface area contributed by atoms with E-state index in [2.05, 4.69) is 6.58 Å². The third-order valence-electron chi connectivity index (χ3n) is 2.97. The van der Waals surface area contributed by atoms with Crippen LogP contribution in [0.3, 0.4) is 0 Å². The van der Waals surface area contributed by atoms with Crippen LogP contribution in [0.4, 0.5) is 0 Å². The molecule has 1 aliphatic rings. The van der Waals surface area contributed by atoms with Crippen molar-refractivity contribution < 1.29 is 28.8 Å². The highest BCUT2D eigenvalue weighted by atomic mass is 16.7. The zero-order valence-corrected chi connectivity index (χ0v) is 11.1. The van der Waals surface area contributed by atoms with Crippen molar-refractivity contribution in [2.75, 3.05) is 34.5 Å². The van der Waals surface area contributed by atoms with Crippen LogP contribution in [0.5, 0.6) is 0 Å². The minimum atomic E-state index is -0.624. The lowest BCUT2D eigenvalue weighted by molar-refractivity contribution is -0.310. The van der Waals surface area contributed by atoms with E-state index < -0.39 is 24.6 Å². The Balaban J connectivity index is 2.83. The van der Waals surface area contributed by atoms with Crippen LogP contribution in [0.2, 0.25) is 0 Å². The number of aliphatic hydroxyl groups is 1. The lowest BCUT2D eigenvalue weighted by Gasteiger charge is -2.44. The van der Waals surface area contributed by atoms with E-state index in [4.69, 9.17) is 23.7 Å². The number of aliphatic hydroxyl groups excluding tert-OH is 1. The Hall–Kier alpha value is -0.500. The first kappa shape index (κ1) is 15.6. The molecular weight excluding hydrogens is 240 g/mol. The molecule has 0 saturated carbocycles. The fourth-order valence-corrected chi connectivity index (χ4v) is 2.12. The van der Waals surface area contributed by atoms with E-state index in [-0.39, 0.29) is 12.7 Å². The van der Waals surface area contributed by atoms with Crippen molar-refractivity contribution in [1.29, 1.82) is 0 Å². The van der Waals surface area contributed by atoms with Gasteiger partial charge in [-0.2, -0.15) is 0 Å². The molecule has 1 fully saturated rings. The molecule has 6 nitrogen and oxygen atoms in total. The Labute approximate surface area is 107 Å². The molecular formula is C12H22O6. The zero-order valence-electron chi connectivity index (χ0n) is 11.1. The molecule has 0 aromatic heterocycles. The van der Waals surface area contributed by atoms with Gasteiger partial charge in [0.05, 0.1) is 13.2 Å². The van der Waals surface area contributed by atoms with Crippen molar-refractivity contribution in [3.8, 4) is 0 Å². The SMILES string of the molecule is C=CCOC1OC(CO)[C@@H](OC)C(OC)C1OC. The van der Waals surface area contributed by atoms with E-state index in [9.17, 15) is 5.11 Å². The van der Waals surface area contributed by atoms with E-state index in [1.807, 2.05) is 0 Å². The van der Waals surface area contributed by atoms with E-state index in [0.717, 1.165) is 0 Å². The minimum absolute atomic E-state index is 0.178. The van der Waals surface area contributed by atoms with Gasteiger partial charge in [0.15, 0.2) is 6.29 Å². The average molecular weight is 262 g/mol. The van der Waals surface area contributed by atoms with Gasteiger partial charge < -0.3 is 28.8 Å². The molecule has 1 saturated heterocycles. The summed E-state index contributed by atoms with van der Waals surface area (Å²) in [5.41, 5.74) is 0. The van der Waals surface area contributed by atoms with Gasteiger partial charge in [-0.05, 0) is 0 Å². The quantitative estimate of drug-likeness (QED) is 0.649. The van der Waals surface area contributed by atoms with E-state index >= 15 is 0 Å².